The predicted octanol–water partition coefficient (Wildman–Crippen LogP) is 4.54. The van der Waals surface area contributed by atoms with E-state index >= 15 is 0 Å². The Kier molecular flexibility index (Phi) is 6.18. The minimum Gasteiger partial charge on any atom is -0.356 e. The summed E-state index contributed by atoms with van der Waals surface area (Å²) in [5.41, 5.74) is 3.63. The monoisotopic (exact) mass is 352 g/mol. The maximum absolute atomic E-state index is 12.0. The van der Waals surface area contributed by atoms with Crippen LogP contribution < -0.4 is 5.32 Å². The summed E-state index contributed by atoms with van der Waals surface area (Å²) in [5.74, 6) is 0.129. The molecule has 4 heteroatoms. The van der Waals surface area contributed by atoms with E-state index in [0.717, 1.165) is 36.2 Å². The first-order valence-corrected chi connectivity index (χ1v) is 9.75. The van der Waals surface area contributed by atoms with Crippen molar-refractivity contribution in [3.05, 3.63) is 64.7 Å². The van der Waals surface area contributed by atoms with Crippen molar-refractivity contribution in [2.75, 3.05) is 6.54 Å². The highest BCUT2D eigenvalue weighted by atomic mass is 32.1. The molecule has 25 heavy (non-hydrogen) atoms. The van der Waals surface area contributed by atoms with Crippen molar-refractivity contribution >= 4 is 27.5 Å². The number of aromatic nitrogens is 1. The number of thiazole rings is 1. The van der Waals surface area contributed by atoms with Crippen molar-refractivity contribution < 1.29 is 4.79 Å². The molecule has 2 aromatic carbocycles. The number of fused-ring (bicyclic) bond motifs is 1. The molecule has 0 bridgehead atoms. The van der Waals surface area contributed by atoms with Crippen LogP contribution in [0.1, 0.15) is 35.9 Å². The zero-order valence-corrected chi connectivity index (χ0v) is 15.4. The Morgan fingerprint density at radius 1 is 1.04 bits per heavy atom. The number of nitrogens with zero attached hydrogens (tertiary/aromatic N) is 1. The molecule has 1 amide bonds. The van der Waals surface area contributed by atoms with Crippen LogP contribution in [0.2, 0.25) is 0 Å². The van der Waals surface area contributed by atoms with Crippen molar-refractivity contribution in [3.8, 4) is 0 Å². The Balaban J connectivity index is 1.36. The fourth-order valence-electron chi connectivity index (χ4n) is 2.78. The van der Waals surface area contributed by atoms with Gasteiger partial charge in [0.05, 0.1) is 15.2 Å². The summed E-state index contributed by atoms with van der Waals surface area (Å²) >= 11 is 1.74. The topological polar surface area (TPSA) is 42.0 Å². The Hall–Kier alpha value is -2.20. The average Bonchev–Trinajstić information content (AvgIpc) is 3.07. The van der Waals surface area contributed by atoms with Crippen molar-refractivity contribution in [1.29, 1.82) is 0 Å². The fraction of sp³-hybridized carbons (Fsp3) is 0.333. The van der Waals surface area contributed by atoms with E-state index in [-0.39, 0.29) is 5.91 Å². The lowest BCUT2D eigenvalue weighted by atomic mass is 10.1. The Morgan fingerprint density at radius 3 is 2.56 bits per heavy atom. The summed E-state index contributed by atoms with van der Waals surface area (Å²) in [7, 11) is 0. The molecule has 0 saturated carbocycles. The van der Waals surface area contributed by atoms with Crippen LogP contribution in [0.3, 0.4) is 0 Å². The molecular weight excluding hydrogens is 328 g/mol. The third-order valence-corrected chi connectivity index (χ3v) is 5.40. The van der Waals surface area contributed by atoms with Gasteiger partial charge in [0.15, 0.2) is 0 Å². The van der Waals surface area contributed by atoms with Gasteiger partial charge < -0.3 is 5.32 Å². The lowest BCUT2D eigenvalue weighted by molar-refractivity contribution is -0.121. The first kappa shape index (κ1) is 17.6. The van der Waals surface area contributed by atoms with Crippen molar-refractivity contribution in [2.24, 2.45) is 0 Å². The van der Waals surface area contributed by atoms with Gasteiger partial charge in [0.1, 0.15) is 0 Å². The quantitative estimate of drug-likeness (QED) is 0.605. The van der Waals surface area contributed by atoms with Gasteiger partial charge in [-0.3, -0.25) is 4.79 Å². The second-order valence-corrected chi connectivity index (χ2v) is 7.31. The summed E-state index contributed by atoms with van der Waals surface area (Å²) in [4.78, 5) is 16.6. The molecule has 1 heterocycles. The van der Waals surface area contributed by atoms with Crippen molar-refractivity contribution in [1.82, 2.24) is 10.3 Å². The Morgan fingerprint density at radius 2 is 1.80 bits per heavy atom. The van der Waals surface area contributed by atoms with Gasteiger partial charge in [-0.25, -0.2) is 4.98 Å². The third-order valence-electron chi connectivity index (χ3n) is 4.30. The van der Waals surface area contributed by atoms with Crippen LogP contribution in [-0.2, 0) is 24.1 Å². The van der Waals surface area contributed by atoms with Crippen LogP contribution in [0.4, 0.5) is 0 Å². The fourth-order valence-corrected chi connectivity index (χ4v) is 3.79. The lowest BCUT2D eigenvalue weighted by Crippen LogP contribution is -2.24. The standard InChI is InChI=1S/C21H24N2OS/c1-2-16-9-11-17(12-10-16)13-14-20(24)22-15-5-8-21-23-18-6-3-4-7-19(18)25-21/h3-4,6-7,9-12H,2,5,8,13-15H2,1H3,(H,22,24). The van der Waals surface area contributed by atoms with Crippen LogP contribution in [0.25, 0.3) is 10.2 Å². The van der Waals surface area contributed by atoms with Crippen LogP contribution in [-0.4, -0.2) is 17.4 Å². The number of benzene rings is 2. The van der Waals surface area contributed by atoms with E-state index in [1.54, 1.807) is 11.3 Å². The number of hydrogen-bond acceptors (Lipinski definition) is 3. The van der Waals surface area contributed by atoms with Gasteiger partial charge in [-0.1, -0.05) is 43.3 Å². The molecule has 3 nitrogen and oxygen atoms in total. The molecule has 3 rings (SSSR count). The molecule has 0 aliphatic rings. The van der Waals surface area contributed by atoms with E-state index in [4.69, 9.17) is 0 Å². The van der Waals surface area contributed by atoms with Gasteiger partial charge >= 0.3 is 0 Å². The Labute approximate surface area is 153 Å². The second kappa shape index (κ2) is 8.77. The van der Waals surface area contributed by atoms with E-state index in [1.807, 2.05) is 18.2 Å². The van der Waals surface area contributed by atoms with Crippen LogP contribution >= 0.6 is 11.3 Å². The molecule has 0 fully saturated rings. The van der Waals surface area contributed by atoms with E-state index in [2.05, 4.69) is 47.6 Å². The van der Waals surface area contributed by atoms with Crippen LogP contribution in [0, 0.1) is 0 Å². The number of aryl methyl sites for hydroxylation is 3. The summed E-state index contributed by atoms with van der Waals surface area (Å²) in [5, 5.41) is 4.16. The molecule has 3 aromatic rings. The second-order valence-electron chi connectivity index (χ2n) is 6.20. The summed E-state index contributed by atoms with van der Waals surface area (Å²) in [6, 6.07) is 16.7. The Bertz CT molecular complexity index is 790. The van der Waals surface area contributed by atoms with Crippen LogP contribution in [0.15, 0.2) is 48.5 Å². The molecule has 1 N–H and O–H groups in total. The number of para-hydroxylation sites is 1. The zero-order chi connectivity index (χ0) is 17.5. The normalized spacial score (nSPS) is 10.9. The molecule has 0 radical (unpaired) electrons. The number of hydrogen-bond donors (Lipinski definition) is 1. The van der Waals surface area contributed by atoms with E-state index in [9.17, 15) is 4.79 Å². The summed E-state index contributed by atoms with van der Waals surface area (Å²) in [6.07, 6.45) is 4.24. The van der Waals surface area contributed by atoms with Crippen molar-refractivity contribution in [3.63, 3.8) is 0 Å². The van der Waals surface area contributed by atoms with E-state index in [1.165, 1.54) is 15.8 Å². The molecule has 0 spiro atoms. The van der Waals surface area contributed by atoms with Gasteiger partial charge in [0.25, 0.3) is 0 Å². The lowest BCUT2D eigenvalue weighted by Gasteiger charge is -2.05. The van der Waals surface area contributed by atoms with Gasteiger partial charge in [0, 0.05) is 19.4 Å². The average molecular weight is 353 g/mol. The largest absolute Gasteiger partial charge is 0.356 e. The number of carbonyl (C=O) groups is 1. The van der Waals surface area contributed by atoms with Gasteiger partial charge in [-0.2, -0.15) is 0 Å². The summed E-state index contributed by atoms with van der Waals surface area (Å²) < 4.78 is 1.23. The van der Waals surface area contributed by atoms with E-state index < -0.39 is 0 Å². The molecule has 130 valence electrons. The molecule has 0 saturated heterocycles. The minimum absolute atomic E-state index is 0.129. The highest BCUT2D eigenvalue weighted by Crippen LogP contribution is 2.22. The number of carbonyl (C=O) groups excluding carboxylic acids is 1. The van der Waals surface area contributed by atoms with E-state index in [0.29, 0.717) is 13.0 Å². The minimum atomic E-state index is 0.129. The molecule has 0 aliphatic carbocycles. The maximum Gasteiger partial charge on any atom is 0.220 e. The SMILES string of the molecule is CCc1ccc(CCC(=O)NCCCc2nc3ccccc3s2)cc1. The van der Waals surface area contributed by atoms with Gasteiger partial charge in [-0.15, -0.1) is 11.3 Å². The third kappa shape index (κ3) is 5.13. The number of amides is 1. The molecule has 0 atom stereocenters. The molecule has 1 aromatic heterocycles. The molecular formula is C21H24N2OS. The number of rotatable bonds is 8. The number of nitrogens with one attached hydrogen (secondary N) is 1. The highest BCUT2D eigenvalue weighted by Gasteiger charge is 2.05. The molecule has 0 aliphatic heterocycles. The van der Waals surface area contributed by atoms with Crippen LogP contribution in [0.5, 0.6) is 0 Å². The summed E-state index contributed by atoms with van der Waals surface area (Å²) in [6.45, 7) is 2.86. The predicted molar refractivity (Wildman–Crippen MR) is 105 cm³/mol. The molecule has 0 unspecified atom stereocenters. The highest BCUT2D eigenvalue weighted by molar-refractivity contribution is 7.18. The van der Waals surface area contributed by atoms with Gasteiger partial charge in [-0.05, 0) is 42.5 Å². The first-order chi connectivity index (χ1) is 12.2. The van der Waals surface area contributed by atoms with Gasteiger partial charge in [0.2, 0.25) is 5.91 Å². The first-order valence-electron chi connectivity index (χ1n) is 8.93. The smallest absolute Gasteiger partial charge is 0.220 e. The maximum atomic E-state index is 12.0. The zero-order valence-electron chi connectivity index (χ0n) is 14.6. The van der Waals surface area contributed by atoms with Crippen molar-refractivity contribution in [2.45, 2.75) is 39.0 Å².